The minimum Gasteiger partial charge on any atom is -0.406 e. The molecule has 0 radical (unpaired) electrons. The number of halogens is 3. The van der Waals surface area contributed by atoms with Gasteiger partial charge in [0.1, 0.15) is 18.4 Å². The summed E-state index contributed by atoms with van der Waals surface area (Å²) in [5.74, 6) is -0.960. The van der Waals surface area contributed by atoms with Crippen LogP contribution in [0.2, 0.25) is 0 Å². The Hall–Kier alpha value is -3.44. The standard InChI is InChI=1S/C23H25F3N4O4/c1-2-20(31)21(30-16-27-15-28-30)29(12-13-33-14-17-6-4-3-5-7-17)22(32)18-8-10-19(11-9-18)34-23(24,25)26/h3-11,15-16,20-21,31H,2,12-14H2,1H3. The molecule has 2 aromatic carbocycles. The lowest BCUT2D eigenvalue weighted by molar-refractivity contribution is -0.274. The fourth-order valence-corrected chi connectivity index (χ4v) is 3.34. The second kappa shape index (κ2) is 11.6. The minimum absolute atomic E-state index is 0.0913. The van der Waals surface area contributed by atoms with Crippen LogP contribution in [-0.2, 0) is 11.3 Å². The molecule has 1 amide bonds. The molecular weight excluding hydrogens is 453 g/mol. The van der Waals surface area contributed by atoms with Gasteiger partial charge in [-0.3, -0.25) is 4.79 Å². The lowest BCUT2D eigenvalue weighted by Gasteiger charge is -2.34. The van der Waals surface area contributed by atoms with Gasteiger partial charge in [-0.1, -0.05) is 37.3 Å². The number of hydrogen-bond acceptors (Lipinski definition) is 6. The van der Waals surface area contributed by atoms with Gasteiger partial charge in [0.2, 0.25) is 0 Å². The number of aliphatic hydroxyl groups is 1. The van der Waals surface area contributed by atoms with Crippen molar-refractivity contribution in [3.05, 3.63) is 78.4 Å². The quantitative estimate of drug-likeness (QED) is 0.422. The molecule has 0 aliphatic carbocycles. The van der Waals surface area contributed by atoms with Crippen LogP contribution in [0.4, 0.5) is 13.2 Å². The Labute approximate surface area is 194 Å². The third kappa shape index (κ3) is 7.03. The van der Waals surface area contributed by atoms with Crippen molar-refractivity contribution in [2.24, 2.45) is 0 Å². The molecule has 0 saturated heterocycles. The highest BCUT2D eigenvalue weighted by Crippen LogP contribution is 2.25. The zero-order valence-electron chi connectivity index (χ0n) is 18.4. The average Bonchev–Trinajstić information content (AvgIpc) is 3.34. The fraction of sp³-hybridized carbons (Fsp3) is 0.348. The van der Waals surface area contributed by atoms with Crippen LogP contribution in [0.1, 0.15) is 35.4 Å². The third-order valence-electron chi connectivity index (χ3n) is 4.97. The van der Waals surface area contributed by atoms with Crippen molar-refractivity contribution in [1.82, 2.24) is 19.7 Å². The summed E-state index contributed by atoms with van der Waals surface area (Å²) in [5, 5.41) is 14.8. The largest absolute Gasteiger partial charge is 0.573 e. The molecule has 0 bridgehead atoms. The number of nitrogens with zero attached hydrogens (tertiary/aromatic N) is 4. The monoisotopic (exact) mass is 478 g/mol. The molecule has 8 nitrogen and oxygen atoms in total. The highest BCUT2D eigenvalue weighted by molar-refractivity contribution is 5.94. The number of carbonyl (C=O) groups excluding carboxylic acids is 1. The van der Waals surface area contributed by atoms with Gasteiger partial charge in [-0.2, -0.15) is 5.10 Å². The van der Waals surface area contributed by atoms with E-state index in [1.54, 1.807) is 6.92 Å². The topological polar surface area (TPSA) is 89.7 Å². The minimum atomic E-state index is -4.84. The molecule has 1 heterocycles. The highest BCUT2D eigenvalue weighted by Gasteiger charge is 2.33. The van der Waals surface area contributed by atoms with Crippen LogP contribution in [0.15, 0.2) is 67.3 Å². The third-order valence-corrected chi connectivity index (χ3v) is 4.97. The van der Waals surface area contributed by atoms with Crippen LogP contribution in [0.25, 0.3) is 0 Å². The number of aromatic nitrogens is 3. The fourth-order valence-electron chi connectivity index (χ4n) is 3.34. The zero-order chi connectivity index (χ0) is 24.6. The van der Waals surface area contributed by atoms with E-state index in [9.17, 15) is 23.1 Å². The molecule has 11 heteroatoms. The van der Waals surface area contributed by atoms with Gasteiger partial charge < -0.3 is 19.5 Å². The van der Waals surface area contributed by atoms with Crippen LogP contribution in [0, 0.1) is 0 Å². The molecular formula is C23H25F3N4O4. The molecule has 0 saturated carbocycles. The molecule has 3 aromatic rings. The Bertz CT molecular complexity index is 1010. The van der Waals surface area contributed by atoms with Crippen molar-refractivity contribution in [2.45, 2.75) is 38.6 Å². The van der Waals surface area contributed by atoms with E-state index in [1.165, 1.54) is 34.4 Å². The number of alkyl halides is 3. The summed E-state index contributed by atoms with van der Waals surface area (Å²) in [6, 6.07) is 14.1. The van der Waals surface area contributed by atoms with E-state index in [0.29, 0.717) is 13.0 Å². The molecule has 1 N–H and O–H groups in total. The number of benzene rings is 2. The summed E-state index contributed by atoms with van der Waals surface area (Å²) >= 11 is 0. The Morgan fingerprint density at radius 2 is 1.85 bits per heavy atom. The Morgan fingerprint density at radius 1 is 1.15 bits per heavy atom. The summed E-state index contributed by atoms with van der Waals surface area (Å²) < 4.78 is 48.3. The maximum Gasteiger partial charge on any atom is 0.573 e. The Balaban J connectivity index is 1.80. The van der Waals surface area contributed by atoms with Gasteiger partial charge in [-0.15, -0.1) is 13.2 Å². The lowest BCUT2D eigenvalue weighted by atomic mass is 10.1. The number of hydrogen-bond donors (Lipinski definition) is 1. The first kappa shape index (κ1) is 25.2. The smallest absolute Gasteiger partial charge is 0.406 e. The van der Waals surface area contributed by atoms with Crippen molar-refractivity contribution in [3.63, 3.8) is 0 Å². The maximum absolute atomic E-state index is 13.4. The summed E-state index contributed by atoms with van der Waals surface area (Å²) in [4.78, 5) is 18.7. The Morgan fingerprint density at radius 3 is 2.44 bits per heavy atom. The van der Waals surface area contributed by atoms with E-state index in [-0.39, 0.29) is 18.7 Å². The maximum atomic E-state index is 13.4. The normalized spacial score (nSPS) is 13.3. The SMILES string of the molecule is CCC(O)C(N(CCOCc1ccccc1)C(=O)c1ccc(OC(F)(F)F)cc1)n1cncn1. The molecule has 34 heavy (non-hydrogen) atoms. The molecule has 0 fully saturated rings. The van der Waals surface area contributed by atoms with Crippen molar-refractivity contribution >= 4 is 5.91 Å². The second-order valence-corrected chi connectivity index (χ2v) is 7.37. The van der Waals surface area contributed by atoms with Crippen molar-refractivity contribution in [1.29, 1.82) is 0 Å². The van der Waals surface area contributed by atoms with Gasteiger partial charge >= 0.3 is 6.36 Å². The molecule has 0 spiro atoms. The van der Waals surface area contributed by atoms with Crippen molar-refractivity contribution in [2.75, 3.05) is 13.2 Å². The zero-order valence-corrected chi connectivity index (χ0v) is 18.4. The second-order valence-electron chi connectivity index (χ2n) is 7.37. The van der Waals surface area contributed by atoms with Gasteiger partial charge in [0.05, 0.1) is 19.3 Å². The highest BCUT2D eigenvalue weighted by atomic mass is 19.4. The van der Waals surface area contributed by atoms with Crippen molar-refractivity contribution < 1.29 is 32.5 Å². The Kier molecular flexibility index (Phi) is 8.61. The molecule has 2 atom stereocenters. The van der Waals surface area contributed by atoms with Crippen LogP contribution in [0.3, 0.4) is 0 Å². The van der Waals surface area contributed by atoms with Gasteiger partial charge in [-0.05, 0) is 36.2 Å². The number of aliphatic hydroxyl groups excluding tert-OH is 1. The molecule has 2 unspecified atom stereocenters. The van der Waals surface area contributed by atoms with Crippen molar-refractivity contribution in [3.8, 4) is 5.75 Å². The first-order chi connectivity index (χ1) is 16.3. The predicted molar refractivity (Wildman–Crippen MR) is 116 cm³/mol. The van der Waals surface area contributed by atoms with Gasteiger partial charge in [-0.25, -0.2) is 9.67 Å². The van der Waals surface area contributed by atoms with E-state index >= 15 is 0 Å². The first-order valence-corrected chi connectivity index (χ1v) is 10.6. The first-order valence-electron chi connectivity index (χ1n) is 10.6. The number of carbonyl (C=O) groups is 1. The van der Waals surface area contributed by atoms with Gasteiger partial charge in [0.15, 0.2) is 6.17 Å². The molecule has 1 aromatic heterocycles. The lowest BCUT2D eigenvalue weighted by Crippen LogP contribution is -2.45. The molecule has 182 valence electrons. The summed E-state index contributed by atoms with van der Waals surface area (Å²) in [6.45, 7) is 2.33. The molecule has 0 aliphatic heterocycles. The van der Waals surface area contributed by atoms with Crippen LogP contribution >= 0.6 is 0 Å². The van der Waals surface area contributed by atoms with E-state index in [0.717, 1.165) is 17.7 Å². The van der Waals surface area contributed by atoms with E-state index in [2.05, 4.69) is 14.8 Å². The van der Waals surface area contributed by atoms with E-state index < -0.39 is 30.3 Å². The number of rotatable bonds is 11. The molecule has 0 aliphatic rings. The van der Waals surface area contributed by atoms with Crippen LogP contribution in [0.5, 0.6) is 5.75 Å². The van der Waals surface area contributed by atoms with E-state index in [1.807, 2.05) is 30.3 Å². The average molecular weight is 478 g/mol. The van der Waals surface area contributed by atoms with Gasteiger partial charge in [0, 0.05) is 12.1 Å². The predicted octanol–water partition coefficient (Wildman–Crippen LogP) is 3.81. The van der Waals surface area contributed by atoms with Crippen LogP contribution < -0.4 is 4.74 Å². The van der Waals surface area contributed by atoms with Gasteiger partial charge in [0.25, 0.3) is 5.91 Å². The molecule has 3 rings (SSSR count). The number of ether oxygens (including phenoxy) is 2. The number of amides is 1. The summed E-state index contributed by atoms with van der Waals surface area (Å²) in [7, 11) is 0. The van der Waals surface area contributed by atoms with E-state index in [4.69, 9.17) is 4.74 Å². The van der Waals surface area contributed by atoms with Crippen LogP contribution in [-0.4, -0.2) is 56.3 Å². The summed E-state index contributed by atoms with van der Waals surface area (Å²) in [5.41, 5.74) is 1.08. The summed E-state index contributed by atoms with van der Waals surface area (Å²) in [6.07, 6.45) is -3.73.